The second-order valence-electron chi connectivity index (χ2n) is 15.6. The SMILES string of the molecule is c1cc(-c2cccc(N(c3ccc(-c4cccc5c4sc4ccccc45)cc3)c3ccc(-c4cccc5oc6ccccc6c45)cc3)c2)cc(-c2cccc3ccccc23)c1. The molecule has 0 amide bonds. The van der Waals surface area contributed by atoms with E-state index in [-0.39, 0.29) is 0 Å². The highest BCUT2D eigenvalue weighted by Crippen LogP contribution is 2.43. The van der Waals surface area contributed by atoms with Crippen molar-refractivity contribution in [3.8, 4) is 44.5 Å². The van der Waals surface area contributed by atoms with Crippen molar-refractivity contribution in [1.82, 2.24) is 0 Å². The first kappa shape index (κ1) is 35.2. The quantitative estimate of drug-likeness (QED) is 0.160. The van der Waals surface area contributed by atoms with E-state index in [2.05, 4.69) is 217 Å². The Labute approximate surface area is 357 Å². The highest BCUT2D eigenvalue weighted by molar-refractivity contribution is 7.26. The Morgan fingerprint density at radius 1 is 0.328 bits per heavy atom. The molecule has 2 nitrogen and oxygen atoms in total. The van der Waals surface area contributed by atoms with Crippen molar-refractivity contribution in [1.29, 1.82) is 0 Å². The zero-order chi connectivity index (χ0) is 40.3. The van der Waals surface area contributed by atoms with Gasteiger partial charge in [-0.25, -0.2) is 0 Å². The molecule has 0 saturated heterocycles. The number of nitrogens with zero attached hydrogens (tertiary/aromatic N) is 1. The number of hydrogen-bond acceptors (Lipinski definition) is 3. The van der Waals surface area contributed by atoms with Gasteiger partial charge < -0.3 is 9.32 Å². The first-order valence-electron chi connectivity index (χ1n) is 20.7. The molecule has 0 aliphatic heterocycles. The monoisotopic (exact) mass is 795 g/mol. The standard InChI is InChI=1S/C58H37NOS/c1-2-18-47-38(12-1)13-9-21-48(47)43-16-7-14-41(36-43)42-15-8-17-46(37-42)59(44-32-28-39(29-33-44)49-22-11-26-55-57(49)53-20-3-5-25-54(53)60-55)45-34-30-40(31-35-45)50-23-10-24-52-51-19-4-6-27-56(51)61-58(50)52/h1-37H. The number of fused-ring (bicyclic) bond motifs is 7. The average molecular weight is 796 g/mol. The predicted molar refractivity (Wildman–Crippen MR) is 261 cm³/mol. The normalized spacial score (nSPS) is 11.6. The number of hydrogen-bond donors (Lipinski definition) is 0. The summed E-state index contributed by atoms with van der Waals surface area (Å²) in [6.07, 6.45) is 0. The Morgan fingerprint density at radius 3 is 1.72 bits per heavy atom. The Bertz CT molecular complexity index is 3590. The molecule has 2 aromatic heterocycles. The van der Waals surface area contributed by atoms with E-state index in [1.54, 1.807) is 0 Å². The lowest BCUT2D eigenvalue weighted by atomic mass is 9.95. The second-order valence-corrected chi connectivity index (χ2v) is 16.7. The van der Waals surface area contributed by atoms with Crippen LogP contribution in [0, 0.1) is 0 Å². The molecule has 61 heavy (non-hydrogen) atoms. The van der Waals surface area contributed by atoms with Gasteiger partial charge in [0.1, 0.15) is 11.2 Å². The Hall–Kier alpha value is -7.72. The van der Waals surface area contributed by atoms with Gasteiger partial charge in [-0.1, -0.05) is 164 Å². The van der Waals surface area contributed by atoms with Crippen LogP contribution in [0.4, 0.5) is 17.1 Å². The van der Waals surface area contributed by atoms with Crippen LogP contribution in [0.2, 0.25) is 0 Å². The topological polar surface area (TPSA) is 16.4 Å². The van der Waals surface area contributed by atoms with Crippen molar-refractivity contribution >= 4 is 81.3 Å². The molecule has 0 N–H and O–H groups in total. The molecule has 0 saturated carbocycles. The maximum absolute atomic E-state index is 6.26. The molecule has 0 radical (unpaired) electrons. The highest BCUT2D eigenvalue weighted by Gasteiger charge is 2.18. The molecule has 0 bridgehead atoms. The van der Waals surface area contributed by atoms with Crippen LogP contribution < -0.4 is 4.90 Å². The molecular formula is C58H37NOS. The fourth-order valence-corrected chi connectivity index (χ4v) is 10.4. The fraction of sp³-hybridized carbons (Fsp3) is 0. The van der Waals surface area contributed by atoms with Crippen LogP contribution in [0.1, 0.15) is 0 Å². The summed E-state index contributed by atoms with van der Waals surface area (Å²) in [5.41, 5.74) is 14.6. The number of furan rings is 1. The Balaban J connectivity index is 0.967. The van der Waals surface area contributed by atoms with E-state index in [9.17, 15) is 0 Å². The lowest BCUT2D eigenvalue weighted by Crippen LogP contribution is -2.10. The van der Waals surface area contributed by atoms with Gasteiger partial charge in [0.05, 0.1) is 0 Å². The molecule has 2 heterocycles. The zero-order valence-corrected chi connectivity index (χ0v) is 33.9. The lowest BCUT2D eigenvalue weighted by Gasteiger charge is -2.26. The Kier molecular flexibility index (Phi) is 8.39. The molecule has 0 atom stereocenters. The summed E-state index contributed by atoms with van der Waals surface area (Å²) in [6, 6.07) is 81.2. The van der Waals surface area contributed by atoms with Gasteiger partial charge in [-0.15, -0.1) is 11.3 Å². The summed E-state index contributed by atoms with van der Waals surface area (Å²) in [4.78, 5) is 2.37. The van der Waals surface area contributed by atoms with Crippen LogP contribution in [0.5, 0.6) is 0 Å². The van der Waals surface area contributed by atoms with Gasteiger partial charge in [0, 0.05) is 48.0 Å². The minimum Gasteiger partial charge on any atom is -0.456 e. The predicted octanol–water partition coefficient (Wildman–Crippen LogP) is 17.2. The van der Waals surface area contributed by atoms with Gasteiger partial charge >= 0.3 is 0 Å². The third-order valence-corrected chi connectivity index (χ3v) is 13.3. The van der Waals surface area contributed by atoms with Crippen LogP contribution >= 0.6 is 11.3 Å². The van der Waals surface area contributed by atoms with Crippen LogP contribution in [-0.4, -0.2) is 0 Å². The van der Waals surface area contributed by atoms with Crippen LogP contribution in [0.3, 0.4) is 0 Å². The van der Waals surface area contributed by atoms with Crippen molar-refractivity contribution < 1.29 is 4.42 Å². The largest absolute Gasteiger partial charge is 0.456 e. The number of rotatable bonds is 7. The van der Waals surface area contributed by atoms with E-state index in [4.69, 9.17) is 4.42 Å². The van der Waals surface area contributed by atoms with Gasteiger partial charge in [-0.2, -0.15) is 0 Å². The van der Waals surface area contributed by atoms with E-state index in [0.29, 0.717) is 0 Å². The molecule has 10 aromatic carbocycles. The first-order valence-corrected chi connectivity index (χ1v) is 21.6. The molecule has 0 aliphatic carbocycles. The van der Waals surface area contributed by atoms with E-state index in [1.165, 1.54) is 58.8 Å². The molecule has 0 unspecified atom stereocenters. The zero-order valence-electron chi connectivity index (χ0n) is 33.1. The molecule has 12 aromatic rings. The maximum atomic E-state index is 6.26. The van der Waals surface area contributed by atoms with Gasteiger partial charge in [0.2, 0.25) is 0 Å². The van der Waals surface area contributed by atoms with Gasteiger partial charge in [0.25, 0.3) is 0 Å². The molecule has 12 rings (SSSR count). The van der Waals surface area contributed by atoms with Crippen molar-refractivity contribution in [2.75, 3.05) is 4.90 Å². The van der Waals surface area contributed by atoms with Crippen molar-refractivity contribution in [2.45, 2.75) is 0 Å². The maximum Gasteiger partial charge on any atom is 0.136 e. The molecule has 286 valence electrons. The summed E-state index contributed by atoms with van der Waals surface area (Å²) >= 11 is 1.87. The third-order valence-electron chi connectivity index (χ3n) is 12.1. The van der Waals surface area contributed by atoms with E-state index in [0.717, 1.165) is 55.7 Å². The first-order chi connectivity index (χ1) is 30.2. The van der Waals surface area contributed by atoms with E-state index < -0.39 is 0 Å². The number of para-hydroxylation sites is 1. The van der Waals surface area contributed by atoms with Gasteiger partial charge in [-0.05, 0) is 116 Å². The summed E-state index contributed by atoms with van der Waals surface area (Å²) in [7, 11) is 0. The van der Waals surface area contributed by atoms with E-state index >= 15 is 0 Å². The van der Waals surface area contributed by atoms with Gasteiger partial charge in [0.15, 0.2) is 0 Å². The summed E-state index contributed by atoms with van der Waals surface area (Å²) in [5, 5.41) is 7.40. The summed E-state index contributed by atoms with van der Waals surface area (Å²) < 4.78 is 8.90. The lowest BCUT2D eigenvalue weighted by molar-refractivity contribution is 0.669. The number of thiophene rings is 1. The molecule has 3 heteroatoms. The Morgan fingerprint density at radius 2 is 0.885 bits per heavy atom. The van der Waals surface area contributed by atoms with Crippen molar-refractivity contribution in [3.05, 3.63) is 224 Å². The molecule has 0 spiro atoms. The highest BCUT2D eigenvalue weighted by atomic mass is 32.1. The van der Waals surface area contributed by atoms with Crippen molar-refractivity contribution in [2.24, 2.45) is 0 Å². The van der Waals surface area contributed by atoms with Crippen LogP contribution in [-0.2, 0) is 0 Å². The second kappa shape index (κ2) is 14.5. The fourth-order valence-electron chi connectivity index (χ4n) is 9.19. The molecular weight excluding hydrogens is 759 g/mol. The van der Waals surface area contributed by atoms with Gasteiger partial charge in [-0.3, -0.25) is 0 Å². The minimum atomic E-state index is 0.900. The molecule has 0 aliphatic rings. The van der Waals surface area contributed by atoms with E-state index in [1.807, 2.05) is 23.5 Å². The summed E-state index contributed by atoms with van der Waals surface area (Å²) in [6.45, 7) is 0. The average Bonchev–Trinajstić information content (AvgIpc) is 3.91. The smallest absolute Gasteiger partial charge is 0.136 e. The number of benzene rings is 10. The van der Waals surface area contributed by atoms with Crippen LogP contribution in [0.25, 0.3) is 97.4 Å². The van der Waals surface area contributed by atoms with Crippen LogP contribution in [0.15, 0.2) is 229 Å². The summed E-state index contributed by atoms with van der Waals surface area (Å²) in [5.74, 6) is 0. The number of anilines is 3. The van der Waals surface area contributed by atoms with Crippen molar-refractivity contribution in [3.63, 3.8) is 0 Å². The minimum absolute atomic E-state index is 0.900. The molecule has 0 fully saturated rings. The third kappa shape index (κ3) is 6.09.